The van der Waals surface area contributed by atoms with Crippen LogP contribution >= 0.6 is 0 Å². The fourth-order valence-corrected chi connectivity index (χ4v) is 1.06. The first-order chi connectivity index (χ1) is 5.70. The summed E-state index contributed by atoms with van der Waals surface area (Å²) in [5.74, 6) is 0.272. The van der Waals surface area contributed by atoms with E-state index >= 15 is 0 Å². The van der Waals surface area contributed by atoms with Gasteiger partial charge in [-0.05, 0) is 33.5 Å². The second kappa shape index (κ2) is 4.11. The summed E-state index contributed by atoms with van der Waals surface area (Å²) in [7, 11) is 4.07. The minimum absolute atomic E-state index is 0.272. The molecule has 0 fully saturated rings. The summed E-state index contributed by atoms with van der Waals surface area (Å²) in [5, 5.41) is 15.7. The number of aromatic hydroxyl groups is 1. The van der Waals surface area contributed by atoms with Crippen molar-refractivity contribution in [1.29, 1.82) is 0 Å². The van der Waals surface area contributed by atoms with Gasteiger partial charge in [0.25, 0.3) is 0 Å². The molecule has 4 heteroatoms. The van der Waals surface area contributed by atoms with Crippen molar-refractivity contribution in [2.24, 2.45) is 0 Å². The number of hydrogen-bond donors (Lipinski definition) is 2. The molecule has 4 nitrogen and oxygen atoms in total. The lowest BCUT2D eigenvalue weighted by atomic mass is 10.2. The molecular formula is C8H15N3O. The van der Waals surface area contributed by atoms with Gasteiger partial charge < -0.3 is 10.0 Å². The van der Waals surface area contributed by atoms with Gasteiger partial charge in [0.2, 0.25) is 0 Å². The number of H-pyrrole nitrogens is 1. The molecule has 0 aliphatic rings. The molecule has 0 aliphatic heterocycles. The van der Waals surface area contributed by atoms with Crippen molar-refractivity contribution in [3.05, 3.63) is 11.9 Å². The summed E-state index contributed by atoms with van der Waals surface area (Å²) in [5.41, 5.74) is 0.830. The van der Waals surface area contributed by atoms with E-state index in [0.29, 0.717) is 0 Å². The molecule has 0 unspecified atom stereocenters. The van der Waals surface area contributed by atoms with Gasteiger partial charge in [-0.25, -0.2) is 0 Å². The molecule has 0 bridgehead atoms. The van der Waals surface area contributed by atoms with E-state index in [1.165, 1.54) is 6.20 Å². The van der Waals surface area contributed by atoms with E-state index in [1.807, 2.05) is 14.1 Å². The molecule has 2 N–H and O–H groups in total. The highest BCUT2D eigenvalue weighted by atomic mass is 16.3. The maximum atomic E-state index is 9.21. The van der Waals surface area contributed by atoms with E-state index in [0.717, 1.165) is 25.1 Å². The fraction of sp³-hybridized carbons (Fsp3) is 0.625. The summed E-state index contributed by atoms with van der Waals surface area (Å²) < 4.78 is 0. The summed E-state index contributed by atoms with van der Waals surface area (Å²) in [6.07, 6.45) is 3.32. The number of nitrogens with one attached hydrogen (secondary N) is 1. The third-order valence-corrected chi connectivity index (χ3v) is 1.73. The Kier molecular flexibility index (Phi) is 3.10. The zero-order valence-electron chi connectivity index (χ0n) is 7.54. The minimum atomic E-state index is 0.272. The Hall–Kier alpha value is -1.03. The molecule has 12 heavy (non-hydrogen) atoms. The SMILES string of the molecule is CN(C)CCCc1[nH]ncc1O. The van der Waals surface area contributed by atoms with Crippen LogP contribution in [0.4, 0.5) is 0 Å². The summed E-state index contributed by atoms with van der Waals surface area (Å²) >= 11 is 0. The third-order valence-electron chi connectivity index (χ3n) is 1.73. The van der Waals surface area contributed by atoms with Crippen molar-refractivity contribution in [2.75, 3.05) is 20.6 Å². The van der Waals surface area contributed by atoms with Gasteiger partial charge in [0, 0.05) is 0 Å². The van der Waals surface area contributed by atoms with E-state index in [-0.39, 0.29) is 5.75 Å². The molecular weight excluding hydrogens is 154 g/mol. The van der Waals surface area contributed by atoms with E-state index in [2.05, 4.69) is 15.1 Å². The van der Waals surface area contributed by atoms with Gasteiger partial charge in [-0.1, -0.05) is 0 Å². The van der Waals surface area contributed by atoms with Gasteiger partial charge >= 0.3 is 0 Å². The standard InChI is InChI=1S/C8H15N3O/c1-11(2)5-3-4-7-8(12)6-9-10-7/h6,12H,3-5H2,1-2H3,(H,9,10). The fourth-order valence-electron chi connectivity index (χ4n) is 1.06. The Labute approximate surface area is 72.2 Å². The van der Waals surface area contributed by atoms with Gasteiger partial charge in [-0.3, -0.25) is 5.10 Å². The van der Waals surface area contributed by atoms with Gasteiger partial charge in [0.05, 0.1) is 11.9 Å². The predicted molar refractivity (Wildman–Crippen MR) is 47.1 cm³/mol. The maximum Gasteiger partial charge on any atom is 0.156 e. The van der Waals surface area contributed by atoms with Crippen LogP contribution in [0.3, 0.4) is 0 Å². The molecule has 1 aromatic rings. The summed E-state index contributed by atoms with van der Waals surface area (Å²) in [6, 6.07) is 0. The van der Waals surface area contributed by atoms with Crippen LogP contribution in [-0.4, -0.2) is 40.8 Å². The molecule has 0 aliphatic carbocycles. The van der Waals surface area contributed by atoms with Crippen LogP contribution in [0, 0.1) is 0 Å². The second-order valence-electron chi connectivity index (χ2n) is 3.14. The first-order valence-electron chi connectivity index (χ1n) is 4.06. The van der Waals surface area contributed by atoms with Crippen LogP contribution in [0.5, 0.6) is 5.75 Å². The quantitative estimate of drug-likeness (QED) is 0.694. The zero-order valence-corrected chi connectivity index (χ0v) is 7.54. The van der Waals surface area contributed by atoms with Crippen LogP contribution < -0.4 is 0 Å². The molecule has 0 saturated heterocycles. The molecule has 1 rings (SSSR count). The maximum absolute atomic E-state index is 9.21. The van der Waals surface area contributed by atoms with E-state index < -0.39 is 0 Å². The zero-order chi connectivity index (χ0) is 8.97. The van der Waals surface area contributed by atoms with Crippen LogP contribution in [0.25, 0.3) is 0 Å². The smallest absolute Gasteiger partial charge is 0.156 e. The molecule has 0 radical (unpaired) electrons. The highest BCUT2D eigenvalue weighted by Gasteiger charge is 2.01. The average molecular weight is 169 g/mol. The van der Waals surface area contributed by atoms with Crippen LogP contribution in [0.2, 0.25) is 0 Å². The summed E-state index contributed by atoms with van der Waals surface area (Å²) in [6.45, 7) is 1.03. The van der Waals surface area contributed by atoms with Gasteiger partial charge in [-0.15, -0.1) is 0 Å². The molecule has 1 aromatic heterocycles. The highest BCUT2D eigenvalue weighted by Crippen LogP contribution is 2.13. The topological polar surface area (TPSA) is 52.2 Å². The highest BCUT2D eigenvalue weighted by molar-refractivity contribution is 5.21. The van der Waals surface area contributed by atoms with Crippen molar-refractivity contribution in [3.8, 4) is 5.75 Å². The molecule has 68 valence electrons. The Morgan fingerprint density at radius 2 is 2.33 bits per heavy atom. The first kappa shape index (κ1) is 9.06. The molecule has 0 spiro atoms. The number of nitrogens with zero attached hydrogens (tertiary/aromatic N) is 2. The van der Waals surface area contributed by atoms with Crippen molar-refractivity contribution in [2.45, 2.75) is 12.8 Å². The Bertz CT molecular complexity index is 232. The van der Waals surface area contributed by atoms with Gasteiger partial charge in [0.15, 0.2) is 5.75 Å². The Morgan fingerprint density at radius 1 is 1.58 bits per heavy atom. The van der Waals surface area contributed by atoms with Crippen molar-refractivity contribution in [3.63, 3.8) is 0 Å². The normalized spacial score (nSPS) is 10.9. The van der Waals surface area contributed by atoms with Crippen LogP contribution in [0.15, 0.2) is 6.20 Å². The molecule has 1 heterocycles. The third kappa shape index (κ3) is 2.54. The summed E-state index contributed by atoms with van der Waals surface area (Å²) in [4.78, 5) is 2.12. The molecule has 0 saturated carbocycles. The molecule has 0 atom stereocenters. The lowest BCUT2D eigenvalue weighted by Crippen LogP contribution is -2.13. The Morgan fingerprint density at radius 3 is 2.83 bits per heavy atom. The van der Waals surface area contributed by atoms with E-state index in [9.17, 15) is 5.11 Å². The number of rotatable bonds is 4. The average Bonchev–Trinajstić information content (AvgIpc) is 2.36. The predicted octanol–water partition coefficient (Wildman–Crippen LogP) is 0.609. The number of aryl methyl sites for hydroxylation is 1. The van der Waals surface area contributed by atoms with Crippen molar-refractivity contribution < 1.29 is 5.11 Å². The monoisotopic (exact) mass is 169 g/mol. The van der Waals surface area contributed by atoms with E-state index in [4.69, 9.17) is 0 Å². The Balaban J connectivity index is 2.29. The lowest BCUT2D eigenvalue weighted by molar-refractivity contribution is 0.396. The van der Waals surface area contributed by atoms with E-state index in [1.54, 1.807) is 0 Å². The van der Waals surface area contributed by atoms with Gasteiger partial charge in [-0.2, -0.15) is 5.10 Å². The van der Waals surface area contributed by atoms with Crippen molar-refractivity contribution >= 4 is 0 Å². The van der Waals surface area contributed by atoms with Crippen LogP contribution in [-0.2, 0) is 6.42 Å². The molecule has 0 aromatic carbocycles. The first-order valence-corrected chi connectivity index (χ1v) is 4.06. The lowest BCUT2D eigenvalue weighted by Gasteiger charge is -2.07. The number of aromatic nitrogens is 2. The number of aromatic amines is 1. The second-order valence-corrected chi connectivity index (χ2v) is 3.14. The van der Waals surface area contributed by atoms with Crippen molar-refractivity contribution in [1.82, 2.24) is 15.1 Å². The largest absolute Gasteiger partial charge is 0.504 e. The number of hydrogen-bond acceptors (Lipinski definition) is 3. The van der Waals surface area contributed by atoms with Gasteiger partial charge in [0.1, 0.15) is 0 Å². The minimum Gasteiger partial charge on any atom is -0.504 e. The molecule has 0 amide bonds. The van der Waals surface area contributed by atoms with Crippen LogP contribution in [0.1, 0.15) is 12.1 Å².